The van der Waals surface area contributed by atoms with Crippen molar-refractivity contribution in [1.82, 2.24) is 9.88 Å². The van der Waals surface area contributed by atoms with Gasteiger partial charge in [-0.15, -0.1) is 0 Å². The van der Waals surface area contributed by atoms with Crippen LogP contribution in [0.25, 0.3) is 0 Å². The van der Waals surface area contributed by atoms with E-state index in [2.05, 4.69) is 15.3 Å². The molecule has 0 radical (unpaired) electrons. The fourth-order valence-corrected chi connectivity index (χ4v) is 2.07. The highest BCUT2D eigenvalue weighted by Gasteiger charge is 2.22. The number of pyridine rings is 1. The lowest BCUT2D eigenvalue weighted by Gasteiger charge is -2.17. The van der Waals surface area contributed by atoms with Crippen LogP contribution in [0, 0.1) is 0 Å². The van der Waals surface area contributed by atoms with E-state index in [1.54, 1.807) is 13.3 Å². The number of nitrogens with one attached hydrogen (secondary N) is 1. The lowest BCUT2D eigenvalue weighted by Crippen LogP contribution is -2.23. The number of methoxy groups -OCH3 is 1. The molecule has 88 valence electrons. The number of nitrogens with zero attached hydrogens (tertiary/aromatic N) is 2. The third-order valence-electron chi connectivity index (χ3n) is 2.98. The molecule has 2 rings (SSSR count). The van der Waals surface area contributed by atoms with Crippen molar-refractivity contribution in [1.29, 1.82) is 0 Å². The Balaban J connectivity index is 1.99. The van der Waals surface area contributed by atoms with Crippen LogP contribution >= 0.6 is 0 Å². The van der Waals surface area contributed by atoms with Crippen LogP contribution in [-0.4, -0.2) is 36.2 Å². The summed E-state index contributed by atoms with van der Waals surface area (Å²) in [7, 11) is 1.77. The summed E-state index contributed by atoms with van der Waals surface area (Å²) >= 11 is 0. The summed E-state index contributed by atoms with van der Waals surface area (Å²) in [4.78, 5) is 6.54. The van der Waals surface area contributed by atoms with E-state index in [-0.39, 0.29) is 0 Å². The Bertz CT molecular complexity index is 345. The van der Waals surface area contributed by atoms with Crippen LogP contribution in [0.3, 0.4) is 0 Å². The zero-order chi connectivity index (χ0) is 11.4. The van der Waals surface area contributed by atoms with Crippen molar-refractivity contribution in [3.05, 3.63) is 23.9 Å². The number of rotatable bonds is 4. The molecule has 3 N–H and O–H groups in total. The van der Waals surface area contributed by atoms with Crippen LogP contribution in [-0.2, 0) is 11.3 Å². The van der Waals surface area contributed by atoms with Gasteiger partial charge in [-0.05, 0) is 12.5 Å². The number of hydrogen-bond donors (Lipinski definition) is 2. The van der Waals surface area contributed by atoms with Gasteiger partial charge in [0.25, 0.3) is 0 Å². The maximum atomic E-state index is 5.42. The van der Waals surface area contributed by atoms with Gasteiger partial charge in [0, 0.05) is 38.5 Å². The van der Waals surface area contributed by atoms with Gasteiger partial charge < -0.3 is 10.2 Å². The van der Waals surface area contributed by atoms with Gasteiger partial charge in [0.1, 0.15) is 5.82 Å². The van der Waals surface area contributed by atoms with Crippen molar-refractivity contribution in [3.63, 3.8) is 0 Å². The molecule has 1 unspecified atom stereocenters. The summed E-state index contributed by atoms with van der Waals surface area (Å²) in [6.45, 7) is 2.92. The van der Waals surface area contributed by atoms with Crippen LogP contribution in [0.5, 0.6) is 0 Å². The Kier molecular flexibility index (Phi) is 3.71. The summed E-state index contributed by atoms with van der Waals surface area (Å²) in [5.41, 5.74) is 3.75. The number of hydrazine groups is 1. The Labute approximate surface area is 95.6 Å². The minimum Gasteiger partial charge on any atom is -0.380 e. The smallest absolute Gasteiger partial charge is 0.144 e. The van der Waals surface area contributed by atoms with Crippen LogP contribution < -0.4 is 11.3 Å². The number of aromatic nitrogens is 1. The zero-order valence-electron chi connectivity index (χ0n) is 9.52. The Morgan fingerprint density at radius 1 is 1.69 bits per heavy atom. The molecule has 5 heteroatoms. The van der Waals surface area contributed by atoms with Gasteiger partial charge in [-0.1, -0.05) is 6.07 Å². The molecule has 1 fully saturated rings. The van der Waals surface area contributed by atoms with Crippen LogP contribution in [0.1, 0.15) is 12.0 Å². The largest absolute Gasteiger partial charge is 0.380 e. The molecule has 1 atom stereocenters. The van der Waals surface area contributed by atoms with Crippen molar-refractivity contribution < 1.29 is 4.74 Å². The van der Waals surface area contributed by atoms with E-state index in [9.17, 15) is 0 Å². The summed E-state index contributed by atoms with van der Waals surface area (Å²) in [6.07, 6.45) is 3.20. The second-order valence-electron chi connectivity index (χ2n) is 4.04. The number of ether oxygens (including phenoxy) is 1. The monoisotopic (exact) mass is 222 g/mol. The maximum absolute atomic E-state index is 5.42. The molecule has 0 amide bonds. The highest BCUT2D eigenvalue weighted by molar-refractivity contribution is 5.42. The number of nitrogen functional groups attached to an aromatic ring is 1. The molecule has 5 nitrogen and oxygen atoms in total. The highest BCUT2D eigenvalue weighted by Crippen LogP contribution is 2.18. The second-order valence-corrected chi connectivity index (χ2v) is 4.04. The first-order valence-corrected chi connectivity index (χ1v) is 5.49. The van der Waals surface area contributed by atoms with E-state index in [1.807, 2.05) is 12.1 Å². The molecule has 0 saturated carbocycles. The van der Waals surface area contributed by atoms with Crippen LogP contribution in [0.4, 0.5) is 5.82 Å². The third kappa shape index (κ3) is 2.49. The van der Waals surface area contributed by atoms with Gasteiger partial charge >= 0.3 is 0 Å². The van der Waals surface area contributed by atoms with Crippen LogP contribution in [0.15, 0.2) is 18.3 Å². The highest BCUT2D eigenvalue weighted by atomic mass is 16.5. The predicted octanol–water partition coefficient (Wildman–Crippen LogP) is 0.588. The first-order chi connectivity index (χ1) is 7.83. The average Bonchev–Trinajstić information content (AvgIpc) is 2.77. The van der Waals surface area contributed by atoms with Gasteiger partial charge in [-0.2, -0.15) is 0 Å². The molecule has 16 heavy (non-hydrogen) atoms. The lowest BCUT2D eigenvalue weighted by atomic mass is 10.2. The van der Waals surface area contributed by atoms with Gasteiger partial charge in [0.2, 0.25) is 0 Å². The van der Waals surface area contributed by atoms with Crippen molar-refractivity contribution >= 4 is 5.82 Å². The molecule has 0 aromatic carbocycles. The Morgan fingerprint density at radius 2 is 2.56 bits per heavy atom. The molecular weight excluding hydrogens is 204 g/mol. The minimum absolute atomic E-state index is 0.367. The van der Waals surface area contributed by atoms with E-state index in [0.29, 0.717) is 6.10 Å². The summed E-state index contributed by atoms with van der Waals surface area (Å²) in [5.74, 6) is 6.18. The number of likely N-dealkylation sites (tertiary alicyclic amines) is 1. The van der Waals surface area contributed by atoms with Crippen LogP contribution in [0.2, 0.25) is 0 Å². The molecule has 1 aromatic rings. The van der Waals surface area contributed by atoms with E-state index in [0.717, 1.165) is 37.4 Å². The molecular formula is C11H18N4O. The predicted molar refractivity (Wildman–Crippen MR) is 62.7 cm³/mol. The molecule has 1 aliphatic rings. The average molecular weight is 222 g/mol. The number of hydrogen-bond acceptors (Lipinski definition) is 5. The SMILES string of the molecule is COC1CCN(Cc2cccnc2NN)C1. The maximum Gasteiger partial charge on any atom is 0.144 e. The first kappa shape index (κ1) is 11.3. The van der Waals surface area contributed by atoms with E-state index < -0.39 is 0 Å². The van der Waals surface area contributed by atoms with E-state index in [1.165, 1.54) is 0 Å². The summed E-state index contributed by atoms with van der Waals surface area (Å²) < 4.78 is 5.34. The molecule has 0 bridgehead atoms. The Morgan fingerprint density at radius 3 is 3.25 bits per heavy atom. The fraction of sp³-hybridized carbons (Fsp3) is 0.545. The van der Waals surface area contributed by atoms with Gasteiger partial charge in [-0.3, -0.25) is 4.90 Å². The van der Waals surface area contributed by atoms with Crippen molar-refractivity contribution in [3.8, 4) is 0 Å². The number of anilines is 1. The van der Waals surface area contributed by atoms with Gasteiger partial charge in [0.15, 0.2) is 0 Å². The number of nitrogens with two attached hydrogens (primary N) is 1. The van der Waals surface area contributed by atoms with Gasteiger partial charge in [0.05, 0.1) is 6.10 Å². The molecule has 0 spiro atoms. The normalized spacial score (nSPS) is 21.2. The quantitative estimate of drug-likeness (QED) is 0.576. The molecule has 1 saturated heterocycles. The van der Waals surface area contributed by atoms with E-state index in [4.69, 9.17) is 10.6 Å². The third-order valence-corrected chi connectivity index (χ3v) is 2.98. The van der Waals surface area contributed by atoms with Crippen molar-refractivity contribution in [2.24, 2.45) is 5.84 Å². The Hall–Kier alpha value is -1.17. The lowest BCUT2D eigenvalue weighted by molar-refractivity contribution is 0.107. The van der Waals surface area contributed by atoms with E-state index >= 15 is 0 Å². The first-order valence-electron chi connectivity index (χ1n) is 5.49. The standard InChI is InChI=1S/C11H18N4O/c1-16-10-4-6-15(8-10)7-9-3-2-5-13-11(9)14-12/h2-3,5,10H,4,6-8,12H2,1H3,(H,13,14). The summed E-state index contributed by atoms with van der Waals surface area (Å²) in [5, 5.41) is 0. The second kappa shape index (κ2) is 5.25. The fourth-order valence-electron chi connectivity index (χ4n) is 2.07. The molecule has 1 aromatic heterocycles. The minimum atomic E-state index is 0.367. The summed E-state index contributed by atoms with van der Waals surface area (Å²) in [6, 6.07) is 3.97. The zero-order valence-corrected chi connectivity index (χ0v) is 9.52. The topological polar surface area (TPSA) is 63.4 Å². The molecule has 0 aliphatic carbocycles. The van der Waals surface area contributed by atoms with Crippen molar-refractivity contribution in [2.45, 2.75) is 19.1 Å². The van der Waals surface area contributed by atoms with Crippen molar-refractivity contribution in [2.75, 3.05) is 25.6 Å². The van der Waals surface area contributed by atoms with Gasteiger partial charge in [-0.25, -0.2) is 10.8 Å². The molecule has 2 heterocycles. The molecule has 1 aliphatic heterocycles.